The molecule has 0 aliphatic rings. The molecule has 6 nitrogen and oxygen atoms in total. The van der Waals surface area contributed by atoms with Crippen LogP contribution in [0.25, 0.3) is 39.0 Å². The second-order valence-electron chi connectivity index (χ2n) is 7.81. The molecule has 7 heteroatoms. The Balaban J connectivity index is 1.56. The smallest absolute Gasteiger partial charge is 0.274 e. The molecule has 0 fully saturated rings. The number of hydrogen-bond acceptors (Lipinski definition) is 5. The highest BCUT2D eigenvalue weighted by molar-refractivity contribution is 7.15. The number of benzene rings is 3. The highest BCUT2D eigenvalue weighted by atomic mass is 32.1. The van der Waals surface area contributed by atoms with Crippen LogP contribution in [-0.2, 0) is 0 Å². The monoisotopic (exact) mass is 464 g/mol. The van der Waals surface area contributed by atoms with Crippen molar-refractivity contribution in [2.24, 2.45) is 0 Å². The van der Waals surface area contributed by atoms with Gasteiger partial charge in [-0.05, 0) is 49.4 Å². The SMILES string of the molecule is CCOc1cccc(-c2nn(-c3ccccc3)cc2C=c2sc3nc4ccccc4n3c2=O)c1. The lowest BCUT2D eigenvalue weighted by atomic mass is 10.1. The molecule has 0 aliphatic carbocycles. The van der Waals surface area contributed by atoms with Gasteiger partial charge in [-0.3, -0.25) is 4.79 Å². The zero-order chi connectivity index (χ0) is 23.1. The number of thiazole rings is 1. The van der Waals surface area contributed by atoms with Crippen LogP contribution in [0.15, 0.2) is 89.9 Å². The van der Waals surface area contributed by atoms with Gasteiger partial charge in [0.05, 0.1) is 27.9 Å². The number of fused-ring (bicyclic) bond motifs is 3. The summed E-state index contributed by atoms with van der Waals surface area (Å²) >= 11 is 1.39. The standard InChI is InChI=1S/C27H20N4O2S/c1-2-33-21-12-8-9-18(15-21)25-19(17-30(29-25)20-10-4-3-5-11-20)16-24-26(32)31-23-14-7-6-13-22(23)28-27(31)34-24/h3-17H,2H2,1H3. The first kappa shape index (κ1) is 20.4. The van der Waals surface area contributed by atoms with Crippen molar-refractivity contribution >= 4 is 33.4 Å². The molecule has 6 aromatic rings. The first-order valence-electron chi connectivity index (χ1n) is 11.0. The third kappa shape index (κ3) is 3.47. The second kappa shape index (κ2) is 8.28. The summed E-state index contributed by atoms with van der Waals surface area (Å²) in [6.07, 6.45) is 3.86. The fourth-order valence-electron chi connectivity index (χ4n) is 4.08. The number of hydrogen-bond donors (Lipinski definition) is 0. The molecule has 0 N–H and O–H groups in total. The maximum Gasteiger partial charge on any atom is 0.274 e. The van der Waals surface area contributed by atoms with E-state index in [2.05, 4.69) is 4.98 Å². The Bertz CT molecular complexity index is 1750. The average Bonchev–Trinajstić information content (AvgIpc) is 3.53. The predicted molar refractivity (Wildman–Crippen MR) is 136 cm³/mol. The van der Waals surface area contributed by atoms with E-state index < -0.39 is 0 Å². The minimum Gasteiger partial charge on any atom is -0.494 e. The Labute approximate surface area is 199 Å². The van der Waals surface area contributed by atoms with E-state index in [1.807, 2.05) is 103 Å². The Hall–Kier alpha value is -4.23. The summed E-state index contributed by atoms with van der Waals surface area (Å²) in [4.78, 5) is 18.6. The highest BCUT2D eigenvalue weighted by Gasteiger charge is 2.15. The van der Waals surface area contributed by atoms with E-state index in [1.54, 1.807) is 4.40 Å². The van der Waals surface area contributed by atoms with Crippen LogP contribution in [0.5, 0.6) is 5.75 Å². The number of imidazole rings is 1. The van der Waals surface area contributed by atoms with Crippen LogP contribution in [0, 0.1) is 0 Å². The van der Waals surface area contributed by atoms with Gasteiger partial charge >= 0.3 is 0 Å². The minimum absolute atomic E-state index is 0.0739. The number of para-hydroxylation sites is 3. The molecule has 0 unspecified atom stereocenters. The van der Waals surface area contributed by atoms with E-state index in [9.17, 15) is 4.79 Å². The summed E-state index contributed by atoms with van der Waals surface area (Å²) in [7, 11) is 0. The summed E-state index contributed by atoms with van der Waals surface area (Å²) < 4.78 is 9.84. The van der Waals surface area contributed by atoms with Crippen LogP contribution in [-0.4, -0.2) is 25.8 Å². The van der Waals surface area contributed by atoms with Gasteiger partial charge < -0.3 is 4.74 Å². The van der Waals surface area contributed by atoms with Crippen LogP contribution in [0.4, 0.5) is 0 Å². The third-order valence-corrected chi connectivity index (χ3v) is 6.58. The molecule has 3 heterocycles. The molecule has 0 atom stereocenters. The first-order valence-corrected chi connectivity index (χ1v) is 11.8. The van der Waals surface area contributed by atoms with Gasteiger partial charge in [0.15, 0.2) is 4.96 Å². The first-order chi connectivity index (χ1) is 16.7. The molecule has 0 aliphatic heterocycles. The van der Waals surface area contributed by atoms with E-state index >= 15 is 0 Å². The van der Waals surface area contributed by atoms with Crippen molar-refractivity contribution in [3.8, 4) is 22.7 Å². The van der Waals surface area contributed by atoms with Gasteiger partial charge in [0, 0.05) is 17.3 Å². The second-order valence-corrected chi connectivity index (χ2v) is 8.82. The summed E-state index contributed by atoms with van der Waals surface area (Å²) in [5.74, 6) is 0.783. The minimum atomic E-state index is -0.0739. The van der Waals surface area contributed by atoms with Gasteiger partial charge in [0.1, 0.15) is 11.4 Å². The zero-order valence-electron chi connectivity index (χ0n) is 18.4. The topological polar surface area (TPSA) is 61.4 Å². The lowest BCUT2D eigenvalue weighted by molar-refractivity contribution is 0.340. The fraction of sp³-hybridized carbons (Fsp3) is 0.0741. The Morgan fingerprint density at radius 1 is 1.00 bits per heavy atom. The van der Waals surface area contributed by atoms with Gasteiger partial charge in [-0.1, -0.05) is 53.8 Å². The third-order valence-electron chi connectivity index (χ3n) is 5.61. The normalized spacial score (nSPS) is 12.1. The number of aromatic nitrogens is 4. The van der Waals surface area contributed by atoms with Crippen LogP contribution in [0.2, 0.25) is 0 Å². The van der Waals surface area contributed by atoms with Crippen molar-refractivity contribution in [1.82, 2.24) is 19.2 Å². The molecule has 0 bridgehead atoms. The molecule has 166 valence electrons. The molecular weight excluding hydrogens is 444 g/mol. The van der Waals surface area contributed by atoms with Crippen molar-refractivity contribution in [1.29, 1.82) is 0 Å². The molecule has 0 saturated carbocycles. The van der Waals surface area contributed by atoms with E-state index in [0.29, 0.717) is 16.1 Å². The molecule has 0 radical (unpaired) electrons. The zero-order valence-corrected chi connectivity index (χ0v) is 19.2. The van der Waals surface area contributed by atoms with Crippen LogP contribution in [0.3, 0.4) is 0 Å². The maximum absolute atomic E-state index is 13.3. The number of nitrogens with zero attached hydrogens (tertiary/aromatic N) is 4. The Morgan fingerprint density at radius 2 is 1.82 bits per heavy atom. The van der Waals surface area contributed by atoms with Crippen molar-refractivity contribution < 1.29 is 4.74 Å². The maximum atomic E-state index is 13.3. The van der Waals surface area contributed by atoms with Crippen molar-refractivity contribution in [2.45, 2.75) is 6.92 Å². The Kier molecular flexibility index (Phi) is 4.96. The van der Waals surface area contributed by atoms with Gasteiger partial charge in [-0.15, -0.1) is 0 Å². The quantitative estimate of drug-likeness (QED) is 0.371. The van der Waals surface area contributed by atoms with Crippen molar-refractivity contribution in [3.63, 3.8) is 0 Å². The van der Waals surface area contributed by atoms with E-state index in [4.69, 9.17) is 9.84 Å². The average molecular weight is 465 g/mol. The van der Waals surface area contributed by atoms with Gasteiger partial charge in [-0.25, -0.2) is 14.1 Å². The molecule has 0 saturated heterocycles. The molecule has 0 spiro atoms. The van der Waals surface area contributed by atoms with Gasteiger partial charge in [0.25, 0.3) is 5.56 Å². The molecular formula is C27H20N4O2S. The Morgan fingerprint density at radius 3 is 2.68 bits per heavy atom. The summed E-state index contributed by atoms with van der Waals surface area (Å²) in [6, 6.07) is 25.5. The predicted octanol–water partition coefficient (Wildman–Crippen LogP) is 4.71. The summed E-state index contributed by atoms with van der Waals surface area (Å²) in [5, 5.41) is 4.88. The number of rotatable bonds is 5. The van der Waals surface area contributed by atoms with Crippen LogP contribution >= 0.6 is 11.3 Å². The molecule has 34 heavy (non-hydrogen) atoms. The van der Waals surface area contributed by atoms with Crippen LogP contribution in [0.1, 0.15) is 12.5 Å². The van der Waals surface area contributed by atoms with Crippen molar-refractivity contribution in [2.75, 3.05) is 6.61 Å². The lowest BCUT2D eigenvalue weighted by Crippen LogP contribution is -2.22. The fourth-order valence-corrected chi connectivity index (χ4v) is 5.06. The molecule has 3 aromatic carbocycles. The summed E-state index contributed by atoms with van der Waals surface area (Å²) in [6.45, 7) is 2.55. The largest absolute Gasteiger partial charge is 0.494 e. The van der Waals surface area contributed by atoms with Gasteiger partial charge in [-0.2, -0.15) is 5.10 Å². The molecule has 6 rings (SSSR count). The lowest BCUT2D eigenvalue weighted by Gasteiger charge is -2.05. The number of ether oxygens (including phenoxy) is 1. The van der Waals surface area contributed by atoms with E-state index in [0.717, 1.165) is 39.3 Å². The molecule has 3 aromatic heterocycles. The van der Waals surface area contributed by atoms with E-state index in [-0.39, 0.29) is 5.56 Å². The van der Waals surface area contributed by atoms with E-state index in [1.165, 1.54) is 11.3 Å². The van der Waals surface area contributed by atoms with Gasteiger partial charge in [0.2, 0.25) is 0 Å². The molecule has 0 amide bonds. The highest BCUT2D eigenvalue weighted by Crippen LogP contribution is 2.28. The van der Waals surface area contributed by atoms with Crippen molar-refractivity contribution in [3.05, 3.63) is 106 Å². The van der Waals surface area contributed by atoms with Crippen LogP contribution < -0.4 is 14.8 Å². The summed E-state index contributed by atoms with van der Waals surface area (Å²) in [5.41, 5.74) is 5.06.